The number of carboxylic acid groups (broad SMARTS) is 4. The van der Waals surface area contributed by atoms with Gasteiger partial charge in [0.2, 0.25) is 41.4 Å². The maximum atomic E-state index is 15.1. The van der Waals surface area contributed by atoms with Gasteiger partial charge < -0.3 is 82.1 Å². The lowest BCUT2D eigenvalue weighted by Gasteiger charge is -2.39. The van der Waals surface area contributed by atoms with Gasteiger partial charge in [-0.3, -0.25) is 63.1 Å². The number of esters is 2. The van der Waals surface area contributed by atoms with Crippen LogP contribution in [0.3, 0.4) is 0 Å². The zero-order valence-corrected chi connectivity index (χ0v) is 75.7. The lowest BCUT2D eigenvalue weighted by Crippen LogP contribution is -2.59. The molecule has 5 rings (SSSR count). The SMILES string of the molecule is CC[C@H](C)[C@H](NC(=O)[C@H]1CCCCN1C)C(=O)N(COC(=O)CC(C)C)[C@H](C[C@@H](OC(C)=O)c1nc(C(=O)N[C@@H](Cc2ccc(C)cc2)C[C@H](C)C(=O)NNC(=O)OCCSSC[C@H](NC(=O)[C@H](Cc2ccccc2)NC(=O)[C@H](Cc2ccccc2)NC(=O)CCCCCCCNC(=O)CC[C@H](NC(=O)N[C@H](CCC(=O)O)C(=O)O)C(=O)O)C(=O)O)cs1)C(C)C. The third kappa shape index (κ3) is 39.7. The van der Waals surface area contributed by atoms with Crippen LogP contribution in [0, 0.1) is 30.6 Å². The maximum absolute atomic E-state index is 15.1. The summed E-state index contributed by atoms with van der Waals surface area (Å²) >= 11 is 1.05. The fourth-order valence-corrected chi connectivity index (χ4v) is 16.5. The number of aryl methyl sites for hydroxylation is 1. The van der Waals surface area contributed by atoms with Crippen molar-refractivity contribution in [1.82, 2.24) is 68.2 Å². The first-order valence-corrected chi connectivity index (χ1v) is 45.9. The molecule has 3 aromatic carbocycles. The number of benzene rings is 3. The number of hydrazine groups is 1. The molecule has 126 heavy (non-hydrogen) atoms. The highest BCUT2D eigenvalue weighted by Crippen LogP contribution is 2.33. The average Bonchev–Trinajstić information content (AvgIpc) is 1.42. The number of piperidine rings is 1. The number of carbonyl (C=O) groups excluding carboxylic acids is 12. The second-order valence-corrected chi connectivity index (χ2v) is 35.7. The van der Waals surface area contributed by atoms with E-state index < -0.39 is 175 Å². The van der Waals surface area contributed by atoms with Crippen molar-refractivity contribution in [2.45, 2.75) is 251 Å². The zero-order chi connectivity index (χ0) is 93.0. The molecule has 1 aliphatic heterocycles. The van der Waals surface area contributed by atoms with E-state index in [-0.39, 0.29) is 117 Å². The maximum Gasteiger partial charge on any atom is 0.426 e. The number of thiazole rings is 1. The number of nitrogens with one attached hydrogen (secondary N) is 10. The number of urea groups is 1. The van der Waals surface area contributed by atoms with Crippen molar-refractivity contribution in [3.63, 3.8) is 0 Å². The minimum Gasteiger partial charge on any atom is -0.481 e. The molecule has 0 spiro atoms. The predicted octanol–water partition coefficient (Wildman–Crippen LogP) is 7.70. The molecule has 11 amide bonds. The van der Waals surface area contributed by atoms with Gasteiger partial charge in [-0.25, -0.2) is 34.4 Å². The second kappa shape index (κ2) is 56.2. The van der Waals surface area contributed by atoms with E-state index in [1.54, 1.807) is 67.6 Å². The highest BCUT2D eigenvalue weighted by molar-refractivity contribution is 8.76. The number of likely N-dealkylation sites (N-methyl/N-ethyl adjacent to an activating group) is 1. The monoisotopic (exact) mass is 1820 g/mol. The Labute approximate surface area is 746 Å². The lowest BCUT2D eigenvalue weighted by molar-refractivity contribution is -0.161. The summed E-state index contributed by atoms with van der Waals surface area (Å²) in [6.07, 6.45) is 2.42. The van der Waals surface area contributed by atoms with Gasteiger partial charge in [-0.05, 0) is 106 Å². The smallest absolute Gasteiger partial charge is 0.426 e. The highest BCUT2D eigenvalue weighted by atomic mass is 33.1. The van der Waals surface area contributed by atoms with Crippen LogP contribution < -0.4 is 53.4 Å². The van der Waals surface area contributed by atoms with Crippen molar-refractivity contribution in [1.29, 1.82) is 0 Å². The quantitative estimate of drug-likeness (QED) is 0.00502. The Balaban J connectivity index is 1.13. The molecule has 0 saturated carbocycles. The summed E-state index contributed by atoms with van der Waals surface area (Å²) < 4.78 is 17.0. The van der Waals surface area contributed by atoms with Crippen molar-refractivity contribution >= 4 is 128 Å². The van der Waals surface area contributed by atoms with Gasteiger partial charge in [-0.2, -0.15) is 0 Å². The Morgan fingerprint density at radius 1 is 0.611 bits per heavy atom. The standard InChI is InChI=1S/C87H125N13O23S3/c1-11-55(7)75(96-80(111)68-29-22-24-40-99(68)10)82(112)100(51-122-74(106)43-52(2)3)69(53(4)5)48-70(123-57(9)101)81-93-66(49-124-81)79(110)89-61(45-60-33-31-54(6)32-34-60)44-56(8)76(107)97-98-87(120)121-41-42-125-126-50-67(85(117)118)92-78(109)65(47-59-27-19-16-20-28-59)91-77(108)64(46-58-25-17-15-18-26-58)90-72(103)30-21-13-12-14-23-39-88-71(102)37-35-62(83(113)114)94-86(119)95-63(84(115)116)36-38-73(104)105/h15-20,25-28,31-34,49,52-53,55-56,61-65,67-70,75H,11-14,21-24,29-30,35-48,50-51H2,1-10H3,(H,88,102)(H,89,110)(H,90,103)(H,91,108)(H,92,109)(H,96,111)(H,97,107)(H,98,120)(H,104,105)(H,113,114)(H,115,116)(H,117,118)(H2,94,95,119)/t55-,56-,61+,62-,63+,64-,65-,67-,68+,69+,70+,75-/m0/s1. The van der Waals surface area contributed by atoms with Crippen LogP contribution in [0.1, 0.15) is 208 Å². The van der Waals surface area contributed by atoms with Crippen LogP contribution in [0.2, 0.25) is 0 Å². The van der Waals surface area contributed by atoms with Crippen molar-refractivity contribution in [3.8, 4) is 0 Å². The number of carbonyl (C=O) groups is 16. The zero-order valence-electron chi connectivity index (χ0n) is 73.2. The summed E-state index contributed by atoms with van der Waals surface area (Å²) in [6, 6.07) is 13.9. The van der Waals surface area contributed by atoms with Gasteiger partial charge in [0, 0.05) is 93.3 Å². The van der Waals surface area contributed by atoms with Gasteiger partial charge in [0.05, 0.1) is 6.04 Å². The summed E-state index contributed by atoms with van der Waals surface area (Å²) in [6.45, 7) is 16.3. The fourth-order valence-electron chi connectivity index (χ4n) is 13.7. The number of hydrogen-bond acceptors (Lipinski definition) is 24. The number of carboxylic acids is 4. The number of rotatable bonds is 56. The fraction of sp³-hybridized carbons (Fsp3) is 0.575. The van der Waals surface area contributed by atoms with E-state index in [2.05, 4.69) is 53.1 Å². The number of aromatic nitrogens is 1. The molecule has 0 aliphatic carbocycles. The lowest BCUT2D eigenvalue weighted by atomic mass is 9.92. The molecule has 0 radical (unpaired) electrons. The van der Waals surface area contributed by atoms with Gasteiger partial charge in [0.15, 0.2) is 12.8 Å². The largest absolute Gasteiger partial charge is 0.481 e. The third-order valence-corrected chi connectivity index (χ3v) is 24.3. The highest BCUT2D eigenvalue weighted by Gasteiger charge is 2.41. The molecular formula is C87H125N13O23S3. The molecule has 4 aromatic rings. The summed E-state index contributed by atoms with van der Waals surface area (Å²) in [5, 5.41) is 60.8. The number of likely N-dealkylation sites (tertiary alicyclic amines) is 1. The number of unbranched alkanes of at least 4 members (excludes halogenated alkanes) is 4. The Morgan fingerprint density at radius 2 is 1.20 bits per heavy atom. The Bertz CT molecular complexity index is 4220. The molecule has 694 valence electrons. The molecule has 39 heteroatoms. The van der Waals surface area contributed by atoms with Crippen LogP contribution >= 0.6 is 32.9 Å². The average molecular weight is 1820 g/mol. The molecule has 2 heterocycles. The molecular weight excluding hydrogens is 1690 g/mol. The van der Waals surface area contributed by atoms with Crippen molar-refractivity contribution < 1.29 is 111 Å². The van der Waals surface area contributed by atoms with Crippen LogP contribution in [0.15, 0.2) is 90.3 Å². The summed E-state index contributed by atoms with van der Waals surface area (Å²) in [5.41, 5.74) is 7.71. The minimum atomic E-state index is -1.59. The molecule has 14 N–H and O–H groups in total. The van der Waals surface area contributed by atoms with Crippen molar-refractivity contribution in [2.75, 3.05) is 45.0 Å². The van der Waals surface area contributed by atoms with Gasteiger partial charge in [-0.15, -0.1) is 11.3 Å². The number of nitrogens with zero attached hydrogens (tertiary/aromatic N) is 3. The predicted molar refractivity (Wildman–Crippen MR) is 471 cm³/mol. The van der Waals surface area contributed by atoms with Gasteiger partial charge in [0.25, 0.3) is 5.91 Å². The number of ether oxygens (including phenoxy) is 3. The topological polar surface area (TPSA) is 521 Å². The Hall–Kier alpha value is -10.9. The van der Waals surface area contributed by atoms with Gasteiger partial charge in [-0.1, -0.05) is 193 Å². The summed E-state index contributed by atoms with van der Waals surface area (Å²) in [7, 11) is 4.06. The molecule has 12 atom stereocenters. The molecule has 36 nitrogen and oxygen atoms in total. The van der Waals surface area contributed by atoms with E-state index in [1.165, 1.54) is 17.2 Å². The molecule has 1 fully saturated rings. The van der Waals surface area contributed by atoms with Crippen LogP contribution in [0.25, 0.3) is 0 Å². The Kier molecular flexibility index (Phi) is 47.1. The number of hydrogen-bond donors (Lipinski definition) is 14. The number of aliphatic carboxylic acids is 4. The van der Waals surface area contributed by atoms with E-state index in [0.29, 0.717) is 56.1 Å². The van der Waals surface area contributed by atoms with Crippen LogP contribution in [0.4, 0.5) is 9.59 Å². The van der Waals surface area contributed by atoms with Crippen LogP contribution in [-0.4, -0.2) is 230 Å². The van der Waals surface area contributed by atoms with Crippen LogP contribution in [-0.2, 0) is 95.8 Å². The second-order valence-electron chi connectivity index (χ2n) is 32.2. The van der Waals surface area contributed by atoms with Crippen molar-refractivity contribution in [3.05, 3.63) is 123 Å². The molecule has 1 saturated heterocycles. The number of amides is 11. The minimum absolute atomic E-state index is 0.0311. The van der Waals surface area contributed by atoms with Gasteiger partial charge >= 0.3 is 47.9 Å². The Morgan fingerprint density at radius 3 is 1.78 bits per heavy atom. The third-order valence-electron chi connectivity index (χ3n) is 20.9. The molecule has 0 bridgehead atoms. The normalized spacial score (nSPS) is 15.2. The van der Waals surface area contributed by atoms with E-state index in [1.807, 2.05) is 90.0 Å². The van der Waals surface area contributed by atoms with Crippen molar-refractivity contribution in [2.24, 2.45) is 23.7 Å². The van der Waals surface area contributed by atoms with E-state index >= 15 is 4.79 Å². The van der Waals surface area contributed by atoms with E-state index in [9.17, 15) is 87.2 Å². The molecule has 1 aromatic heterocycles. The van der Waals surface area contributed by atoms with Gasteiger partial charge in [0.1, 0.15) is 53.6 Å². The van der Waals surface area contributed by atoms with Crippen LogP contribution in [0.5, 0.6) is 0 Å². The van der Waals surface area contributed by atoms with E-state index in [0.717, 1.165) is 63.4 Å². The molecule has 0 unspecified atom stereocenters. The summed E-state index contributed by atoms with van der Waals surface area (Å²) in [5.74, 6) is -13.0. The first-order chi connectivity index (χ1) is 59.9. The summed E-state index contributed by atoms with van der Waals surface area (Å²) in [4.78, 5) is 218. The molecule has 1 aliphatic rings. The first-order valence-electron chi connectivity index (χ1n) is 42.6. The van der Waals surface area contributed by atoms with E-state index in [4.69, 9.17) is 19.3 Å². The first kappa shape index (κ1) is 106.